The van der Waals surface area contributed by atoms with Gasteiger partial charge in [0.15, 0.2) is 0 Å². The van der Waals surface area contributed by atoms with Crippen LogP contribution in [0.25, 0.3) is 21.9 Å². The summed E-state index contributed by atoms with van der Waals surface area (Å²) in [5.41, 5.74) is 5.02. The fourth-order valence-corrected chi connectivity index (χ4v) is 5.94. The van der Waals surface area contributed by atoms with Gasteiger partial charge >= 0.3 is 5.97 Å². The van der Waals surface area contributed by atoms with Crippen molar-refractivity contribution in [3.8, 4) is 5.88 Å². The molecule has 1 atom stereocenters. The lowest BCUT2D eigenvalue weighted by Crippen LogP contribution is -2.35. The average Bonchev–Trinajstić information content (AvgIpc) is 3.34. The molecule has 0 bridgehead atoms. The Morgan fingerprint density at radius 3 is 2.64 bits per heavy atom. The van der Waals surface area contributed by atoms with Crippen molar-refractivity contribution < 1.29 is 19.4 Å². The lowest BCUT2D eigenvalue weighted by Gasteiger charge is -2.32. The third-order valence-corrected chi connectivity index (χ3v) is 8.40. The summed E-state index contributed by atoms with van der Waals surface area (Å²) in [4.78, 5) is 28.3. The monoisotopic (exact) mass is 563 g/mol. The topological polar surface area (TPSA) is 103 Å². The molecule has 5 aromatic rings. The summed E-state index contributed by atoms with van der Waals surface area (Å²) >= 11 is 0. The Balaban J connectivity index is 1.000. The maximum Gasteiger partial charge on any atom is 0.335 e. The number of hydrogen-bond donors (Lipinski definition) is 1. The van der Waals surface area contributed by atoms with Crippen molar-refractivity contribution in [1.29, 1.82) is 0 Å². The summed E-state index contributed by atoms with van der Waals surface area (Å²) in [6.45, 7) is 4.48. The van der Waals surface area contributed by atoms with Gasteiger partial charge in [-0.05, 0) is 68.8 Å². The zero-order valence-electron chi connectivity index (χ0n) is 23.4. The van der Waals surface area contributed by atoms with Gasteiger partial charge in [0.25, 0.3) is 0 Å². The number of carboxylic acids is 1. The molecule has 1 N–H and O–H groups in total. The van der Waals surface area contributed by atoms with Crippen LogP contribution < -0.4 is 4.74 Å². The molecule has 5 heterocycles. The molecule has 9 nitrogen and oxygen atoms in total. The number of rotatable bonds is 9. The van der Waals surface area contributed by atoms with Gasteiger partial charge in [-0.15, -0.1) is 0 Å². The van der Waals surface area contributed by atoms with Gasteiger partial charge in [-0.25, -0.2) is 14.8 Å². The number of hydrogen-bond acceptors (Lipinski definition) is 7. The standard InChI is InChI=1S/C33H33N5O4/c39-33(40)25-8-9-29-30(17-25)38(19-26-12-15-41-26)31(35-29)20-37-13-10-23(11-14-37)28-6-3-7-32(36-28)42-21-22-16-24-4-1-2-5-27(24)34-18-22/h1-9,16-18,23,26H,10-15,19-21H2,(H,39,40). The number of carboxylic acid groups (broad SMARTS) is 1. The van der Waals surface area contributed by atoms with Crippen LogP contribution in [-0.2, 0) is 24.4 Å². The molecule has 42 heavy (non-hydrogen) atoms. The second-order valence-corrected chi connectivity index (χ2v) is 11.2. The number of aromatic carboxylic acids is 1. The Morgan fingerprint density at radius 1 is 0.976 bits per heavy atom. The summed E-state index contributed by atoms with van der Waals surface area (Å²) in [6, 6.07) is 21.4. The highest BCUT2D eigenvalue weighted by atomic mass is 16.5. The minimum absolute atomic E-state index is 0.151. The molecule has 3 aromatic heterocycles. The van der Waals surface area contributed by atoms with E-state index in [-0.39, 0.29) is 11.7 Å². The van der Waals surface area contributed by atoms with Crippen LogP contribution in [0.3, 0.4) is 0 Å². The van der Waals surface area contributed by atoms with E-state index in [1.807, 2.05) is 42.6 Å². The summed E-state index contributed by atoms with van der Waals surface area (Å²) in [7, 11) is 0. The molecule has 0 radical (unpaired) electrons. The van der Waals surface area contributed by atoms with Crippen molar-refractivity contribution in [3.63, 3.8) is 0 Å². The van der Waals surface area contributed by atoms with Crippen LogP contribution in [0.5, 0.6) is 5.88 Å². The van der Waals surface area contributed by atoms with Gasteiger partial charge in [0, 0.05) is 41.4 Å². The Morgan fingerprint density at radius 2 is 1.83 bits per heavy atom. The molecule has 0 spiro atoms. The van der Waals surface area contributed by atoms with Crippen LogP contribution in [0, 0.1) is 0 Å². The fourth-order valence-electron chi connectivity index (χ4n) is 5.94. The van der Waals surface area contributed by atoms with E-state index < -0.39 is 5.97 Å². The molecule has 0 saturated carbocycles. The maximum absolute atomic E-state index is 11.6. The Labute approximate surface area is 243 Å². The van der Waals surface area contributed by atoms with E-state index in [1.165, 1.54) is 0 Å². The number of imidazole rings is 1. The Bertz CT molecular complexity index is 1740. The van der Waals surface area contributed by atoms with Crippen molar-refractivity contribution in [3.05, 3.63) is 95.6 Å². The first kappa shape index (κ1) is 26.6. The molecule has 9 heteroatoms. The average molecular weight is 564 g/mol. The molecule has 214 valence electrons. The van der Waals surface area contributed by atoms with Crippen LogP contribution in [0.4, 0.5) is 0 Å². The molecule has 2 aliphatic rings. The van der Waals surface area contributed by atoms with Gasteiger partial charge in [0.05, 0.1) is 41.3 Å². The highest BCUT2D eigenvalue weighted by Gasteiger charge is 2.26. The SMILES string of the molecule is O=C(O)c1ccc2nc(CN3CCC(c4cccc(OCc5cnc6ccccc6c5)n4)CC3)n(CC3CCO3)c2c1. The number of piperidine rings is 1. The van der Waals surface area contributed by atoms with Gasteiger partial charge in [-0.2, -0.15) is 0 Å². The Kier molecular flexibility index (Phi) is 7.27. The van der Waals surface area contributed by atoms with E-state index in [2.05, 4.69) is 32.7 Å². The molecular weight excluding hydrogens is 530 g/mol. The van der Waals surface area contributed by atoms with Crippen LogP contribution in [0.15, 0.2) is 72.9 Å². The highest BCUT2D eigenvalue weighted by Crippen LogP contribution is 2.30. The van der Waals surface area contributed by atoms with Gasteiger partial charge < -0.3 is 19.1 Å². The number of pyridine rings is 2. The van der Waals surface area contributed by atoms with Crippen molar-refractivity contribution in [2.45, 2.75) is 51.0 Å². The zero-order valence-corrected chi connectivity index (χ0v) is 23.4. The number of likely N-dealkylation sites (tertiary alicyclic amines) is 1. The lowest BCUT2D eigenvalue weighted by molar-refractivity contribution is -0.0592. The fraction of sp³-hybridized carbons (Fsp3) is 0.333. The van der Waals surface area contributed by atoms with Gasteiger partial charge in [-0.1, -0.05) is 24.3 Å². The van der Waals surface area contributed by atoms with Crippen LogP contribution in [-0.4, -0.2) is 61.3 Å². The van der Waals surface area contributed by atoms with E-state index in [1.54, 1.807) is 12.1 Å². The van der Waals surface area contributed by atoms with Crippen molar-refractivity contribution in [2.75, 3.05) is 19.7 Å². The molecule has 2 saturated heterocycles. The minimum atomic E-state index is -0.929. The maximum atomic E-state index is 11.6. The number of carbonyl (C=O) groups is 1. The summed E-state index contributed by atoms with van der Waals surface area (Å²) < 4.78 is 13.9. The second-order valence-electron chi connectivity index (χ2n) is 11.2. The lowest BCUT2D eigenvalue weighted by atomic mass is 9.93. The normalized spacial score (nSPS) is 17.9. The molecule has 0 amide bonds. The number of benzene rings is 2. The summed E-state index contributed by atoms with van der Waals surface area (Å²) in [5.74, 6) is 1.03. The molecule has 2 fully saturated rings. The van der Waals surface area contributed by atoms with Crippen LogP contribution in [0.2, 0.25) is 0 Å². The van der Waals surface area contributed by atoms with Crippen LogP contribution in [0.1, 0.15) is 52.6 Å². The number of ether oxygens (including phenoxy) is 2. The molecule has 0 aliphatic carbocycles. The first-order valence-electron chi connectivity index (χ1n) is 14.6. The summed E-state index contributed by atoms with van der Waals surface area (Å²) in [5, 5.41) is 10.6. The predicted octanol–water partition coefficient (Wildman–Crippen LogP) is 5.43. The smallest absolute Gasteiger partial charge is 0.335 e. The van der Waals surface area contributed by atoms with Crippen molar-refractivity contribution in [2.24, 2.45) is 0 Å². The van der Waals surface area contributed by atoms with E-state index in [4.69, 9.17) is 19.4 Å². The van der Waals surface area contributed by atoms with Crippen molar-refractivity contribution in [1.82, 2.24) is 24.4 Å². The van der Waals surface area contributed by atoms with Crippen LogP contribution >= 0.6 is 0 Å². The van der Waals surface area contributed by atoms with Gasteiger partial charge in [0.2, 0.25) is 5.88 Å². The Hall–Kier alpha value is -4.34. The summed E-state index contributed by atoms with van der Waals surface area (Å²) in [6.07, 6.45) is 5.03. The third-order valence-electron chi connectivity index (χ3n) is 8.40. The predicted molar refractivity (Wildman–Crippen MR) is 159 cm³/mol. The van der Waals surface area contributed by atoms with Gasteiger partial charge in [-0.3, -0.25) is 9.88 Å². The quantitative estimate of drug-likeness (QED) is 0.254. The second kappa shape index (κ2) is 11.5. The zero-order chi connectivity index (χ0) is 28.5. The highest BCUT2D eigenvalue weighted by molar-refractivity contribution is 5.92. The first-order chi connectivity index (χ1) is 20.6. The molecule has 2 aliphatic heterocycles. The van der Waals surface area contributed by atoms with Gasteiger partial charge in [0.1, 0.15) is 12.4 Å². The molecule has 7 rings (SSSR count). The molecular formula is C33H33N5O4. The molecule has 2 aromatic carbocycles. The number of nitrogens with zero attached hydrogens (tertiary/aromatic N) is 5. The first-order valence-corrected chi connectivity index (χ1v) is 14.6. The minimum Gasteiger partial charge on any atom is -0.478 e. The van der Waals surface area contributed by atoms with E-state index in [0.717, 1.165) is 78.0 Å². The van der Waals surface area contributed by atoms with E-state index >= 15 is 0 Å². The largest absolute Gasteiger partial charge is 0.478 e. The van der Waals surface area contributed by atoms with Crippen molar-refractivity contribution >= 4 is 27.9 Å². The number of fused-ring (bicyclic) bond motifs is 2. The number of aromatic nitrogens is 4. The molecule has 1 unspecified atom stereocenters. The number of para-hydroxylation sites is 1. The third kappa shape index (κ3) is 5.57. The van der Waals surface area contributed by atoms with E-state index in [0.29, 0.717) is 31.5 Å². The van der Waals surface area contributed by atoms with E-state index in [9.17, 15) is 9.90 Å².